The Kier molecular flexibility index (Phi) is 3.60. The minimum atomic E-state index is 0.312. The lowest BCUT2D eigenvalue weighted by Crippen LogP contribution is -2.28. The van der Waals surface area contributed by atoms with Gasteiger partial charge in [-0.25, -0.2) is 0 Å². The van der Waals surface area contributed by atoms with E-state index >= 15 is 0 Å². The van der Waals surface area contributed by atoms with Crippen molar-refractivity contribution in [3.05, 3.63) is 11.8 Å². The minimum absolute atomic E-state index is 0.312. The van der Waals surface area contributed by atoms with E-state index in [9.17, 15) is 0 Å². The quantitative estimate of drug-likeness (QED) is 0.698. The van der Waals surface area contributed by atoms with Gasteiger partial charge in [0.15, 0.2) is 0 Å². The highest BCUT2D eigenvalue weighted by Gasteiger charge is 2.14. The molecule has 1 atom stereocenters. The molecule has 12 heavy (non-hydrogen) atoms. The summed E-state index contributed by atoms with van der Waals surface area (Å²) in [5.74, 6) is 1.16. The summed E-state index contributed by atoms with van der Waals surface area (Å²) in [5, 5.41) is 3.29. The van der Waals surface area contributed by atoms with Gasteiger partial charge in [-0.2, -0.15) is 0 Å². The molecule has 1 aliphatic carbocycles. The summed E-state index contributed by atoms with van der Waals surface area (Å²) in [5.41, 5.74) is 0. The first-order valence-corrected chi connectivity index (χ1v) is 4.75. The monoisotopic (exact) mass is 169 g/mol. The van der Waals surface area contributed by atoms with Crippen molar-refractivity contribution in [2.75, 3.05) is 7.05 Å². The molecule has 0 saturated carbocycles. The minimum Gasteiger partial charge on any atom is -0.496 e. The van der Waals surface area contributed by atoms with Crippen molar-refractivity contribution in [1.29, 1.82) is 0 Å². The molecule has 1 rings (SSSR count). The normalized spacial score (nSPS) is 24.0. The second kappa shape index (κ2) is 4.51. The third-order valence-electron chi connectivity index (χ3n) is 2.13. The molecule has 0 aromatic carbocycles. The van der Waals surface area contributed by atoms with Crippen molar-refractivity contribution in [3.63, 3.8) is 0 Å². The fourth-order valence-corrected chi connectivity index (χ4v) is 1.52. The van der Waals surface area contributed by atoms with Gasteiger partial charge in [0.05, 0.1) is 11.9 Å². The Hall–Kier alpha value is -0.500. The fourth-order valence-electron chi connectivity index (χ4n) is 1.52. The van der Waals surface area contributed by atoms with E-state index in [-0.39, 0.29) is 0 Å². The summed E-state index contributed by atoms with van der Waals surface area (Å²) in [6.45, 7) is 4.15. The molecule has 0 fully saturated rings. The van der Waals surface area contributed by atoms with Gasteiger partial charge in [0, 0.05) is 12.5 Å². The van der Waals surface area contributed by atoms with E-state index in [1.54, 1.807) is 0 Å². The van der Waals surface area contributed by atoms with Crippen molar-refractivity contribution in [2.24, 2.45) is 0 Å². The highest BCUT2D eigenvalue weighted by Crippen LogP contribution is 2.19. The number of nitrogens with one attached hydrogen (secondary N) is 1. The van der Waals surface area contributed by atoms with E-state index < -0.39 is 0 Å². The molecular weight excluding hydrogens is 150 g/mol. The van der Waals surface area contributed by atoms with Crippen molar-refractivity contribution in [3.8, 4) is 0 Å². The summed E-state index contributed by atoms with van der Waals surface area (Å²) in [7, 11) is 2.02. The third-order valence-corrected chi connectivity index (χ3v) is 2.13. The van der Waals surface area contributed by atoms with Crippen LogP contribution < -0.4 is 5.32 Å². The molecule has 0 radical (unpaired) electrons. The van der Waals surface area contributed by atoms with Crippen LogP contribution >= 0.6 is 0 Å². The Morgan fingerprint density at radius 3 is 2.92 bits per heavy atom. The maximum absolute atomic E-state index is 5.64. The van der Waals surface area contributed by atoms with Gasteiger partial charge in [-0.15, -0.1) is 0 Å². The lowest BCUT2D eigenvalue weighted by molar-refractivity contribution is 0.130. The van der Waals surface area contributed by atoms with Crippen LogP contribution in [0.3, 0.4) is 0 Å². The van der Waals surface area contributed by atoms with Crippen LogP contribution in [-0.2, 0) is 4.74 Å². The van der Waals surface area contributed by atoms with Gasteiger partial charge >= 0.3 is 0 Å². The zero-order valence-corrected chi connectivity index (χ0v) is 8.26. The van der Waals surface area contributed by atoms with Gasteiger partial charge in [-0.1, -0.05) is 0 Å². The van der Waals surface area contributed by atoms with Crippen LogP contribution in [0.15, 0.2) is 11.8 Å². The molecule has 1 unspecified atom stereocenters. The molecule has 1 aliphatic rings. The molecule has 1 N–H and O–H groups in total. The number of hydrogen-bond acceptors (Lipinski definition) is 2. The van der Waals surface area contributed by atoms with Crippen LogP contribution in [0.2, 0.25) is 0 Å². The van der Waals surface area contributed by atoms with Crippen LogP contribution in [0, 0.1) is 0 Å². The zero-order chi connectivity index (χ0) is 8.97. The first kappa shape index (κ1) is 9.59. The van der Waals surface area contributed by atoms with Gasteiger partial charge in [-0.05, 0) is 39.8 Å². The summed E-state index contributed by atoms with van der Waals surface area (Å²) < 4.78 is 5.64. The standard InChI is InChI=1S/C10H19NO/c1-8(2)12-10-6-4-5-9(7-10)11-3/h6,8-9,11H,4-5,7H2,1-3H3. The zero-order valence-electron chi connectivity index (χ0n) is 8.26. The first-order valence-electron chi connectivity index (χ1n) is 4.75. The molecule has 0 heterocycles. The molecule has 0 aliphatic heterocycles. The molecule has 0 amide bonds. The second-order valence-electron chi connectivity index (χ2n) is 3.60. The third kappa shape index (κ3) is 2.86. The fraction of sp³-hybridized carbons (Fsp3) is 0.800. The molecule has 0 spiro atoms. The van der Waals surface area contributed by atoms with E-state index in [0.29, 0.717) is 12.1 Å². The van der Waals surface area contributed by atoms with E-state index in [0.717, 1.165) is 18.6 Å². The van der Waals surface area contributed by atoms with E-state index in [4.69, 9.17) is 4.74 Å². The molecule has 0 aromatic heterocycles. The lowest BCUT2D eigenvalue weighted by Gasteiger charge is -2.23. The van der Waals surface area contributed by atoms with Crippen molar-refractivity contribution in [2.45, 2.75) is 45.3 Å². The molecule has 70 valence electrons. The summed E-state index contributed by atoms with van der Waals surface area (Å²) in [6.07, 6.45) is 5.96. The van der Waals surface area contributed by atoms with Crippen molar-refractivity contribution in [1.82, 2.24) is 5.32 Å². The SMILES string of the molecule is CNC1CCC=C(OC(C)C)C1. The molecular formula is C10H19NO. The molecule has 0 saturated heterocycles. The Morgan fingerprint density at radius 2 is 2.33 bits per heavy atom. The molecule has 2 nitrogen and oxygen atoms in total. The van der Waals surface area contributed by atoms with Crippen molar-refractivity contribution >= 4 is 0 Å². The van der Waals surface area contributed by atoms with Crippen LogP contribution in [-0.4, -0.2) is 19.2 Å². The van der Waals surface area contributed by atoms with Crippen molar-refractivity contribution < 1.29 is 4.74 Å². The van der Waals surface area contributed by atoms with Gasteiger partial charge in [0.25, 0.3) is 0 Å². The lowest BCUT2D eigenvalue weighted by atomic mass is 10.0. The molecule has 2 heteroatoms. The van der Waals surface area contributed by atoms with Crippen LogP contribution in [0.4, 0.5) is 0 Å². The number of rotatable bonds is 3. The summed E-state index contributed by atoms with van der Waals surface area (Å²) in [4.78, 5) is 0. The second-order valence-corrected chi connectivity index (χ2v) is 3.60. The highest BCUT2D eigenvalue weighted by atomic mass is 16.5. The molecule has 0 bridgehead atoms. The van der Waals surface area contributed by atoms with E-state index in [1.165, 1.54) is 6.42 Å². The number of allylic oxidation sites excluding steroid dienone is 1. The van der Waals surface area contributed by atoms with Gasteiger partial charge in [-0.3, -0.25) is 0 Å². The van der Waals surface area contributed by atoms with Crippen LogP contribution in [0.5, 0.6) is 0 Å². The van der Waals surface area contributed by atoms with Gasteiger partial charge < -0.3 is 10.1 Å². The summed E-state index contributed by atoms with van der Waals surface area (Å²) >= 11 is 0. The Morgan fingerprint density at radius 1 is 1.58 bits per heavy atom. The number of ether oxygens (including phenoxy) is 1. The van der Waals surface area contributed by atoms with Gasteiger partial charge in [0.2, 0.25) is 0 Å². The first-order chi connectivity index (χ1) is 5.72. The largest absolute Gasteiger partial charge is 0.496 e. The van der Waals surface area contributed by atoms with E-state index in [2.05, 4.69) is 25.2 Å². The topological polar surface area (TPSA) is 21.3 Å². The Bertz CT molecular complexity index is 163. The predicted octanol–water partition coefficient (Wildman–Crippen LogP) is 2.07. The Balaban J connectivity index is 2.39. The van der Waals surface area contributed by atoms with Crippen LogP contribution in [0.25, 0.3) is 0 Å². The summed E-state index contributed by atoms with van der Waals surface area (Å²) in [6, 6.07) is 0.615. The highest BCUT2D eigenvalue weighted by molar-refractivity contribution is 5.01. The Labute approximate surface area is 75.0 Å². The van der Waals surface area contributed by atoms with E-state index in [1.807, 2.05) is 7.05 Å². The van der Waals surface area contributed by atoms with Gasteiger partial charge in [0.1, 0.15) is 0 Å². The maximum atomic E-state index is 5.64. The maximum Gasteiger partial charge on any atom is 0.0939 e. The predicted molar refractivity (Wildman–Crippen MR) is 51.0 cm³/mol. The average Bonchev–Trinajstić information content (AvgIpc) is 2.03. The average molecular weight is 169 g/mol. The smallest absolute Gasteiger partial charge is 0.0939 e. The molecule has 0 aromatic rings. The number of hydrogen-bond donors (Lipinski definition) is 1. The van der Waals surface area contributed by atoms with Crippen LogP contribution in [0.1, 0.15) is 33.1 Å².